The van der Waals surface area contributed by atoms with Gasteiger partial charge < -0.3 is 20.5 Å². The van der Waals surface area contributed by atoms with E-state index in [-0.39, 0.29) is 39.9 Å². The summed E-state index contributed by atoms with van der Waals surface area (Å²) in [6.07, 6.45) is 0.280. The van der Waals surface area contributed by atoms with Crippen molar-refractivity contribution < 1.29 is 27.9 Å². The molecule has 0 saturated carbocycles. The first kappa shape index (κ1) is 25.8. The number of carbonyl (C=O) groups is 2. The van der Waals surface area contributed by atoms with E-state index in [4.69, 9.17) is 4.74 Å². The Bertz CT molecular complexity index is 1790. The van der Waals surface area contributed by atoms with Crippen LogP contribution in [-0.2, 0) is 21.2 Å². The highest BCUT2D eigenvalue weighted by Crippen LogP contribution is 2.41. The number of hydrogen-bond donors (Lipinski definition) is 4. The van der Waals surface area contributed by atoms with Gasteiger partial charge in [-0.25, -0.2) is 13.1 Å². The predicted molar refractivity (Wildman–Crippen MR) is 146 cm³/mol. The molecule has 1 aliphatic rings. The Balaban J connectivity index is 1.52. The molecule has 0 saturated heterocycles. The number of fused-ring (bicyclic) bond motifs is 2. The van der Waals surface area contributed by atoms with E-state index in [1.165, 1.54) is 32.4 Å². The number of sulfonamides is 1. The Hall–Kier alpha value is -4.81. The summed E-state index contributed by atoms with van der Waals surface area (Å²) in [7, 11) is -1.04. The van der Waals surface area contributed by atoms with Crippen molar-refractivity contribution in [1.82, 2.24) is 4.72 Å². The zero-order chi connectivity index (χ0) is 27.7. The zero-order valence-corrected chi connectivity index (χ0v) is 21.7. The van der Waals surface area contributed by atoms with Gasteiger partial charge in [-0.3, -0.25) is 9.59 Å². The lowest BCUT2D eigenvalue weighted by molar-refractivity contribution is -0.115. The van der Waals surface area contributed by atoms with Gasteiger partial charge in [0.05, 0.1) is 24.0 Å². The number of phenols is 1. The molecular formula is C27H23N5O6S. The third-order valence-corrected chi connectivity index (χ3v) is 7.63. The summed E-state index contributed by atoms with van der Waals surface area (Å²) in [5.74, 6) is -0.946. The quantitative estimate of drug-likeness (QED) is 0.248. The van der Waals surface area contributed by atoms with Crippen molar-refractivity contribution in [1.29, 1.82) is 0 Å². The summed E-state index contributed by atoms with van der Waals surface area (Å²) in [6, 6.07) is 17.8. The Morgan fingerprint density at radius 1 is 1.05 bits per heavy atom. The molecule has 12 heteroatoms. The molecule has 5 rings (SSSR count). The topological polar surface area (TPSA) is 159 Å². The highest BCUT2D eigenvalue weighted by molar-refractivity contribution is 7.89. The fraction of sp³-hybridized carbons (Fsp3) is 0.111. The van der Waals surface area contributed by atoms with Crippen molar-refractivity contribution in [2.75, 3.05) is 24.8 Å². The van der Waals surface area contributed by atoms with Gasteiger partial charge in [-0.05, 0) is 48.3 Å². The molecular weight excluding hydrogens is 522 g/mol. The zero-order valence-electron chi connectivity index (χ0n) is 20.8. The van der Waals surface area contributed by atoms with E-state index >= 15 is 0 Å². The van der Waals surface area contributed by atoms with Crippen LogP contribution >= 0.6 is 0 Å². The normalized spacial score (nSPS) is 12.9. The van der Waals surface area contributed by atoms with E-state index in [9.17, 15) is 23.1 Å². The van der Waals surface area contributed by atoms with Gasteiger partial charge in [0.1, 0.15) is 17.1 Å². The van der Waals surface area contributed by atoms with Crippen LogP contribution in [-0.4, -0.2) is 39.5 Å². The smallest absolute Gasteiger partial charge is 0.259 e. The van der Waals surface area contributed by atoms with Crippen molar-refractivity contribution in [3.63, 3.8) is 0 Å². The first-order chi connectivity index (χ1) is 18.7. The fourth-order valence-electron chi connectivity index (χ4n) is 4.21. The summed E-state index contributed by atoms with van der Waals surface area (Å²) < 4.78 is 31.8. The second kappa shape index (κ2) is 10.2. The van der Waals surface area contributed by atoms with Gasteiger partial charge in [0.25, 0.3) is 5.91 Å². The molecule has 0 spiro atoms. The summed E-state index contributed by atoms with van der Waals surface area (Å²) >= 11 is 0. The molecule has 0 aromatic heterocycles. The highest BCUT2D eigenvalue weighted by atomic mass is 32.2. The molecule has 198 valence electrons. The third-order valence-electron chi connectivity index (χ3n) is 6.22. The van der Waals surface area contributed by atoms with Gasteiger partial charge in [0, 0.05) is 22.8 Å². The number of hydrogen-bond acceptors (Lipinski definition) is 8. The second-order valence-electron chi connectivity index (χ2n) is 8.63. The molecule has 4 aromatic rings. The second-order valence-corrected chi connectivity index (χ2v) is 10.5. The molecule has 2 amide bonds. The fourth-order valence-corrected chi connectivity index (χ4v) is 4.96. The van der Waals surface area contributed by atoms with Gasteiger partial charge in [-0.2, -0.15) is 0 Å². The molecule has 1 aliphatic heterocycles. The van der Waals surface area contributed by atoms with Crippen molar-refractivity contribution in [3.05, 3.63) is 77.9 Å². The van der Waals surface area contributed by atoms with Crippen LogP contribution in [0, 0.1) is 0 Å². The van der Waals surface area contributed by atoms with Gasteiger partial charge in [-0.1, -0.05) is 30.3 Å². The van der Waals surface area contributed by atoms with Crippen molar-refractivity contribution in [2.24, 2.45) is 10.2 Å². The number of carbonyl (C=O) groups excluding carboxylic acids is 2. The molecule has 39 heavy (non-hydrogen) atoms. The molecule has 4 aromatic carbocycles. The molecule has 0 unspecified atom stereocenters. The number of ether oxygens (including phenoxy) is 1. The molecule has 0 aliphatic carbocycles. The molecule has 0 fully saturated rings. The number of benzene rings is 4. The maximum Gasteiger partial charge on any atom is 0.259 e. The summed E-state index contributed by atoms with van der Waals surface area (Å²) in [5, 5.41) is 26.2. The highest BCUT2D eigenvalue weighted by Gasteiger charge is 2.21. The van der Waals surface area contributed by atoms with E-state index in [0.29, 0.717) is 22.1 Å². The Morgan fingerprint density at radius 2 is 1.85 bits per heavy atom. The predicted octanol–water partition coefficient (Wildman–Crippen LogP) is 4.62. The molecule has 4 N–H and O–H groups in total. The minimum absolute atomic E-state index is 0.0149. The summed E-state index contributed by atoms with van der Waals surface area (Å²) in [6.45, 7) is 0. The number of nitrogens with one attached hydrogen (secondary N) is 3. The van der Waals surface area contributed by atoms with E-state index in [0.717, 1.165) is 5.56 Å². The number of rotatable bonds is 7. The molecule has 0 radical (unpaired) electrons. The monoisotopic (exact) mass is 545 g/mol. The summed E-state index contributed by atoms with van der Waals surface area (Å²) in [5.41, 5.74) is 2.13. The first-order valence-electron chi connectivity index (χ1n) is 11.7. The number of anilines is 2. The van der Waals surface area contributed by atoms with Crippen LogP contribution in [0.5, 0.6) is 11.5 Å². The maximum atomic E-state index is 13.2. The maximum absolute atomic E-state index is 13.2. The van der Waals surface area contributed by atoms with Gasteiger partial charge >= 0.3 is 0 Å². The van der Waals surface area contributed by atoms with Crippen LogP contribution in [0.3, 0.4) is 0 Å². The van der Waals surface area contributed by atoms with Crippen LogP contribution < -0.4 is 20.1 Å². The van der Waals surface area contributed by atoms with E-state index in [2.05, 4.69) is 25.6 Å². The van der Waals surface area contributed by atoms with Gasteiger partial charge in [0.15, 0.2) is 5.75 Å². The van der Waals surface area contributed by atoms with Crippen LogP contribution in [0.15, 0.2) is 81.9 Å². The molecule has 1 heterocycles. The largest absolute Gasteiger partial charge is 0.505 e. The van der Waals surface area contributed by atoms with Crippen molar-refractivity contribution in [2.45, 2.75) is 11.3 Å². The number of methoxy groups -OCH3 is 1. The Morgan fingerprint density at radius 3 is 2.62 bits per heavy atom. The Kier molecular flexibility index (Phi) is 6.73. The third kappa shape index (κ3) is 5.02. The van der Waals surface area contributed by atoms with E-state index in [1.54, 1.807) is 48.5 Å². The average molecular weight is 546 g/mol. The van der Waals surface area contributed by atoms with Crippen LogP contribution in [0.1, 0.15) is 15.9 Å². The van der Waals surface area contributed by atoms with Crippen LogP contribution in [0.25, 0.3) is 10.8 Å². The summed E-state index contributed by atoms with van der Waals surface area (Å²) in [4.78, 5) is 24.9. The number of azo groups is 1. The number of aromatic hydroxyl groups is 1. The minimum Gasteiger partial charge on any atom is -0.505 e. The Labute approximate surface area is 223 Å². The van der Waals surface area contributed by atoms with Crippen LogP contribution in [0.4, 0.5) is 22.7 Å². The number of amides is 2. The minimum atomic E-state index is -3.70. The lowest BCUT2D eigenvalue weighted by Gasteiger charge is -2.12. The molecule has 0 atom stereocenters. The molecule has 0 bridgehead atoms. The first-order valence-corrected chi connectivity index (χ1v) is 13.2. The van der Waals surface area contributed by atoms with E-state index in [1.807, 2.05) is 0 Å². The molecule has 11 nitrogen and oxygen atoms in total. The SMILES string of the molecule is CNS(=O)(=O)c1ccc(N=Nc2c(O)c(C(=O)Nc3ccc4c(c3)NC(=O)C4)cc3ccccc23)c(OC)c1. The standard InChI is InChI=1S/C27H23N5O6S/c1-28-39(36,37)18-9-10-21(23(14-18)38-2)31-32-25-19-6-4-3-5-15(19)11-20(26(25)34)27(35)29-17-8-7-16-12-24(33)30-22(16)13-17/h3-11,13-14,28,34H,12H2,1-2H3,(H,29,35)(H,30,33). The van der Waals surface area contributed by atoms with E-state index < -0.39 is 21.7 Å². The van der Waals surface area contributed by atoms with Crippen molar-refractivity contribution in [3.8, 4) is 11.5 Å². The van der Waals surface area contributed by atoms with Crippen LogP contribution in [0.2, 0.25) is 0 Å². The van der Waals surface area contributed by atoms with Gasteiger partial charge in [-0.15, -0.1) is 10.2 Å². The average Bonchev–Trinajstić information content (AvgIpc) is 3.31. The van der Waals surface area contributed by atoms with Gasteiger partial charge in [0.2, 0.25) is 15.9 Å². The number of nitrogens with zero attached hydrogens (tertiary/aromatic N) is 2. The van der Waals surface area contributed by atoms with Crippen molar-refractivity contribution >= 4 is 55.4 Å². The lowest BCUT2D eigenvalue weighted by atomic mass is 10.0. The number of phenolic OH excluding ortho intramolecular Hbond substituents is 1. The lowest BCUT2D eigenvalue weighted by Crippen LogP contribution is -2.18.